The van der Waals surface area contributed by atoms with Crippen molar-refractivity contribution in [1.29, 1.82) is 0 Å². The van der Waals surface area contributed by atoms with Crippen LogP contribution < -0.4 is 4.72 Å². The topological polar surface area (TPSA) is 92.4 Å². The van der Waals surface area contributed by atoms with Gasteiger partial charge < -0.3 is 9.63 Å². The first-order valence-corrected chi connectivity index (χ1v) is 7.53. The number of phenols is 1. The number of sulfonamides is 1. The minimum absolute atomic E-state index is 0.0214. The second-order valence-corrected chi connectivity index (χ2v) is 6.46. The standard InChI is InChI=1S/C11H11BrN2O4S/c1-6-11(7(2)18-13-6)19(16,17)14-9-5-8(12)3-4-10(9)15/h3-5,14-15H,1-2H3. The molecule has 0 aliphatic carbocycles. The van der Waals surface area contributed by atoms with E-state index in [0.29, 0.717) is 4.47 Å². The van der Waals surface area contributed by atoms with Gasteiger partial charge in [0.1, 0.15) is 11.4 Å². The number of aryl methyl sites for hydroxylation is 2. The Kier molecular flexibility index (Phi) is 3.55. The first-order chi connectivity index (χ1) is 8.81. The third kappa shape index (κ3) is 2.74. The summed E-state index contributed by atoms with van der Waals surface area (Å²) in [5.74, 6) is 0.0259. The third-order valence-corrected chi connectivity index (χ3v) is 4.54. The van der Waals surface area contributed by atoms with E-state index in [0.717, 1.165) is 0 Å². The molecular weight excluding hydrogens is 336 g/mol. The molecule has 0 bridgehead atoms. The van der Waals surface area contributed by atoms with E-state index in [1.165, 1.54) is 26.0 Å². The normalized spacial score (nSPS) is 11.5. The molecule has 1 aromatic heterocycles. The monoisotopic (exact) mass is 346 g/mol. The number of hydrogen-bond donors (Lipinski definition) is 2. The number of halogens is 1. The Morgan fingerprint density at radius 3 is 2.63 bits per heavy atom. The Bertz CT molecular complexity index is 705. The van der Waals surface area contributed by atoms with Crippen LogP contribution in [0.4, 0.5) is 5.69 Å². The molecule has 19 heavy (non-hydrogen) atoms. The van der Waals surface area contributed by atoms with E-state index >= 15 is 0 Å². The summed E-state index contributed by atoms with van der Waals surface area (Å²) in [7, 11) is -3.86. The van der Waals surface area contributed by atoms with Gasteiger partial charge in [-0.25, -0.2) is 8.42 Å². The van der Waals surface area contributed by atoms with E-state index in [-0.39, 0.29) is 27.8 Å². The maximum atomic E-state index is 12.2. The number of phenolic OH excluding ortho intramolecular Hbond substituents is 1. The molecule has 2 rings (SSSR count). The van der Waals surface area contributed by atoms with Crippen LogP contribution in [0.5, 0.6) is 5.75 Å². The molecule has 8 heteroatoms. The molecule has 0 saturated heterocycles. The summed E-state index contributed by atoms with van der Waals surface area (Å²) in [4.78, 5) is -0.0214. The van der Waals surface area contributed by atoms with Crippen LogP contribution >= 0.6 is 15.9 Å². The van der Waals surface area contributed by atoms with Crippen LogP contribution in [0.2, 0.25) is 0 Å². The zero-order valence-corrected chi connectivity index (χ0v) is 12.5. The van der Waals surface area contributed by atoms with Gasteiger partial charge in [-0.2, -0.15) is 0 Å². The van der Waals surface area contributed by atoms with Crippen LogP contribution in [0.15, 0.2) is 32.1 Å². The zero-order valence-electron chi connectivity index (χ0n) is 10.1. The maximum Gasteiger partial charge on any atom is 0.267 e. The van der Waals surface area contributed by atoms with Gasteiger partial charge in [-0.05, 0) is 32.0 Å². The van der Waals surface area contributed by atoms with Gasteiger partial charge in [0.15, 0.2) is 10.7 Å². The lowest BCUT2D eigenvalue weighted by Gasteiger charge is -2.09. The summed E-state index contributed by atoms with van der Waals surface area (Å²) in [5, 5.41) is 13.2. The van der Waals surface area contributed by atoms with Crippen molar-refractivity contribution >= 4 is 31.6 Å². The van der Waals surface area contributed by atoms with Gasteiger partial charge in [-0.1, -0.05) is 21.1 Å². The summed E-state index contributed by atoms with van der Waals surface area (Å²) in [6, 6.07) is 4.45. The number of aromatic hydroxyl groups is 1. The summed E-state index contributed by atoms with van der Waals surface area (Å²) in [6.07, 6.45) is 0. The molecule has 0 aliphatic heterocycles. The van der Waals surface area contributed by atoms with Gasteiger partial charge in [-0.15, -0.1) is 0 Å². The Balaban J connectivity index is 2.45. The SMILES string of the molecule is Cc1noc(C)c1S(=O)(=O)Nc1cc(Br)ccc1O. The van der Waals surface area contributed by atoms with Crippen molar-refractivity contribution in [3.63, 3.8) is 0 Å². The molecule has 0 atom stereocenters. The highest BCUT2D eigenvalue weighted by Crippen LogP contribution is 2.30. The first-order valence-electron chi connectivity index (χ1n) is 5.25. The lowest BCUT2D eigenvalue weighted by molar-refractivity contribution is 0.390. The van der Waals surface area contributed by atoms with Gasteiger partial charge in [0.05, 0.1) is 5.69 Å². The number of hydrogen-bond acceptors (Lipinski definition) is 5. The van der Waals surface area contributed by atoms with Crippen molar-refractivity contribution in [2.75, 3.05) is 4.72 Å². The fourth-order valence-electron chi connectivity index (χ4n) is 1.64. The van der Waals surface area contributed by atoms with E-state index in [1.807, 2.05) is 0 Å². The molecule has 0 spiro atoms. The molecule has 102 valence electrons. The molecular formula is C11H11BrN2O4S. The van der Waals surface area contributed by atoms with Gasteiger partial charge in [-0.3, -0.25) is 4.72 Å². The molecule has 1 aromatic carbocycles. The molecule has 0 amide bonds. The van der Waals surface area contributed by atoms with Crippen LogP contribution in [0.25, 0.3) is 0 Å². The summed E-state index contributed by atoms with van der Waals surface area (Å²) >= 11 is 3.20. The summed E-state index contributed by atoms with van der Waals surface area (Å²) < 4.78 is 32.2. The van der Waals surface area contributed by atoms with E-state index in [2.05, 4.69) is 25.8 Å². The van der Waals surface area contributed by atoms with E-state index in [9.17, 15) is 13.5 Å². The lowest BCUT2D eigenvalue weighted by atomic mass is 10.3. The van der Waals surface area contributed by atoms with Crippen LogP contribution in [0.3, 0.4) is 0 Å². The van der Waals surface area contributed by atoms with Crippen LogP contribution in [-0.4, -0.2) is 18.7 Å². The molecule has 1 heterocycles. The molecule has 0 unspecified atom stereocenters. The van der Waals surface area contributed by atoms with E-state index < -0.39 is 10.0 Å². The van der Waals surface area contributed by atoms with Crippen LogP contribution in [-0.2, 0) is 10.0 Å². The average Bonchev–Trinajstić information content (AvgIpc) is 2.64. The number of benzene rings is 1. The number of nitrogens with zero attached hydrogens (tertiary/aromatic N) is 1. The Labute approximate surface area is 118 Å². The fourth-order valence-corrected chi connectivity index (χ4v) is 3.40. The Morgan fingerprint density at radius 2 is 2.05 bits per heavy atom. The summed E-state index contributed by atoms with van der Waals surface area (Å²) in [6.45, 7) is 3.04. The average molecular weight is 347 g/mol. The number of nitrogens with one attached hydrogen (secondary N) is 1. The van der Waals surface area contributed by atoms with Crippen molar-refractivity contribution in [2.24, 2.45) is 0 Å². The predicted molar refractivity (Wildman–Crippen MR) is 72.6 cm³/mol. The smallest absolute Gasteiger partial charge is 0.267 e. The molecule has 0 radical (unpaired) electrons. The first kappa shape index (κ1) is 13.9. The lowest BCUT2D eigenvalue weighted by Crippen LogP contribution is -2.14. The number of anilines is 1. The maximum absolute atomic E-state index is 12.2. The van der Waals surface area contributed by atoms with E-state index in [4.69, 9.17) is 4.52 Å². The largest absolute Gasteiger partial charge is 0.506 e. The van der Waals surface area contributed by atoms with E-state index in [1.54, 1.807) is 6.07 Å². The van der Waals surface area contributed by atoms with Crippen molar-refractivity contribution in [3.8, 4) is 5.75 Å². The highest BCUT2D eigenvalue weighted by Gasteiger charge is 2.25. The van der Waals surface area contributed by atoms with Crippen LogP contribution in [0, 0.1) is 13.8 Å². The molecule has 0 fully saturated rings. The van der Waals surface area contributed by atoms with Crippen molar-refractivity contribution in [3.05, 3.63) is 34.1 Å². The summed E-state index contributed by atoms with van der Waals surface area (Å²) in [5.41, 5.74) is 0.342. The molecule has 2 N–H and O–H groups in total. The highest BCUT2D eigenvalue weighted by molar-refractivity contribution is 9.10. The van der Waals surface area contributed by atoms with Crippen LogP contribution in [0.1, 0.15) is 11.5 Å². The third-order valence-electron chi connectivity index (χ3n) is 2.44. The minimum Gasteiger partial charge on any atom is -0.506 e. The van der Waals surface area contributed by atoms with Crippen molar-refractivity contribution in [1.82, 2.24) is 5.16 Å². The quantitative estimate of drug-likeness (QED) is 0.833. The number of aromatic nitrogens is 1. The van der Waals surface area contributed by atoms with Gasteiger partial charge in [0, 0.05) is 4.47 Å². The fraction of sp³-hybridized carbons (Fsp3) is 0.182. The Hall–Kier alpha value is -1.54. The van der Waals surface area contributed by atoms with Crippen molar-refractivity contribution in [2.45, 2.75) is 18.7 Å². The molecule has 0 saturated carbocycles. The highest BCUT2D eigenvalue weighted by atomic mass is 79.9. The number of rotatable bonds is 3. The molecule has 2 aromatic rings. The second-order valence-electron chi connectivity index (χ2n) is 3.92. The Morgan fingerprint density at radius 1 is 1.37 bits per heavy atom. The van der Waals surface area contributed by atoms with Crippen molar-refractivity contribution < 1.29 is 18.0 Å². The minimum atomic E-state index is -3.86. The molecule has 0 aliphatic rings. The van der Waals surface area contributed by atoms with Gasteiger partial charge >= 0.3 is 0 Å². The van der Waals surface area contributed by atoms with Gasteiger partial charge in [0.25, 0.3) is 10.0 Å². The van der Waals surface area contributed by atoms with Gasteiger partial charge in [0.2, 0.25) is 0 Å². The zero-order chi connectivity index (χ0) is 14.2. The predicted octanol–water partition coefficient (Wildman–Crippen LogP) is 2.56. The second kappa shape index (κ2) is 4.86. The molecule has 6 nitrogen and oxygen atoms in total.